The van der Waals surface area contributed by atoms with Gasteiger partial charge in [-0.1, -0.05) is 34.4 Å². The van der Waals surface area contributed by atoms with Crippen LogP contribution in [-0.2, 0) is 4.79 Å². The Balaban J connectivity index is 1.43. The number of amides is 1. The molecule has 0 aliphatic carbocycles. The number of nitrogens with zero attached hydrogens (tertiary/aromatic N) is 2. The molecule has 0 fully saturated rings. The molecule has 26 heavy (non-hydrogen) atoms. The van der Waals surface area contributed by atoms with Gasteiger partial charge in [0.1, 0.15) is 4.34 Å². The van der Waals surface area contributed by atoms with E-state index >= 15 is 0 Å². The highest BCUT2D eigenvalue weighted by Gasteiger charge is 2.16. The largest absolute Gasteiger partial charge is 0.454 e. The number of benzene rings is 1. The van der Waals surface area contributed by atoms with Crippen molar-refractivity contribution in [1.82, 2.24) is 10.2 Å². The maximum Gasteiger partial charge on any atom is 0.322 e. The summed E-state index contributed by atoms with van der Waals surface area (Å²) in [7, 11) is 0. The van der Waals surface area contributed by atoms with Crippen molar-refractivity contribution < 1.29 is 18.7 Å². The second kappa shape index (κ2) is 6.99. The average molecular weight is 410 g/mol. The Bertz CT molecular complexity index is 1010. The van der Waals surface area contributed by atoms with Gasteiger partial charge in [-0.2, -0.15) is 0 Å². The molecule has 10 heteroatoms. The first kappa shape index (κ1) is 16.9. The van der Waals surface area contributed by atoms with Crippen molar-refractivity contribution in [2.75, 3.05) is 12.1 Å². The summed E-state index contributed by atoms with van der Waals surface area (Å²) >= 11 is 13.1. The fraction of sp³-hybridized carbons (Fsp3) is 0.0625. The highest BCUT2D eigenvalue weighted by atomic mass is 35.5. The van der Waals surface area contributed by atoms with Gasteiger partial charge < -0.3 is 13.9 Å². The zero-order chi connectivity index (χ0) is 18.1. The highest BCUT2D eigenvalue weighted by Crippen LogP contribution is 2.37. The van der Waals surface area contributed by atoms with E-state index in [1.165, 1.54) is 17.4 Å². The van der Waals surface area contributed by atoms with Gasteiger partial charge in [0, 0.05) is 6.08 Å². The maximum absolute atomic E-state index is 12.0. The molecule has 0 spiro atoms. The van der Waals surface area contributed by atoms with Crippen LogP contribution in [0.3, 0.4) is 0 Å². The highest BCUT2D eigenvalue weighted by molar-refractivity contribution is 7.20. The molecule has 3 aromatic rings. The van der Waals surface area contributed by atoms with Crippen molar-refractivity contribution in [2.24, 2.45) is 0 Å². The maximum atomic E-state index is 12.0. The Morgan fingerprint density at radius 2 is 2.04 bits per heavy atom. The monoisotopic (exact) mass is 409 g/mol. The van der Waals surface area contributed by atoms with Gasteiger partial charge in [-0.05, 0) is 29.8 Å². The SMILES string of the molecule is O=C(C=Cc1ccc2c(c1)OCO2)Nc1nnc(-c2cc(Cl)sc2Cl)o1. The smallest absolute Gasteiger partial charge is 0.322 e. The molecule has 1 aliphatic rings. The average Bonchev–Trinajstić information content (AvgIpc) is 3.32. The van der Waals surface area contributed by atoms with Gasteiger partial charge in [0.25, 0.3) is 11.8 Å². The third-order valence-corrected chi connectivity index (χ3v) is 4.85. The summed E-state index contributed by atoms with van der Waals surface area (Å²) in [6.45, 7) is 0.196. The van der Waals surface area contributed by atoms with Crippen LogP contribution in [-0.4, -0.2) is 22.9 Å². The zero-order valence-corrected chi connectivity index (χ0v) is 15.2. The van der Waals surface area contributed by atoms with E-state index in [9.17, 15) is 4.79 Å². The molecule has 0 bridgehead atoms. The van der Waals surface area contributed by atoms with Gasteiger partial charge in [0.15, 0.2) is 11.5 Å². The van der Waals surface area contributed by atoms with E-state index < -0.39 is 5.91 Å². The standard InChI is InChI=1S/C16H9Cl2N3O4S/c17-12-6-9(14(18)26-12)15-20-21-16(25-15)19-13(22)4-2-8-1-3-10-11(5-8)24-7-23-10/h1-6H,7H2,(H,19,21,22). The molecule has 1 aromatic carbocycles. The van der Waals surface area contributed by atoms with Crippen LogP contribution in [0.5, 0.6) is 11.5 Å². The van der Waals surface area contributed by atoms with Crippen LogP contribution in [0.1, 0.15) is 5.56 Å². The lowest BCUT2D eigenvalue weighted by Gasteiger charge is -1.98. The molecule has 3 heterocycles. The van der Waals surface area contributed by atoms with Crippen molar-refractivity contribution in [1.29, 1.82) is 0 Å². The summed E-state index contributed by atoms with van der Waals surface area (Å²) in [4.78, 5) is 12.0. The van der Waals surface area contributed by atoms with Gasteiger partial charge in [0.2, 0.25) is 6.79 Å². The molecule has 1 amide bonds. The number of nitrogens with one attached hydrogen (secondary N) is 1. The number of rotatable bonds is 4. The van der Waals surface area contributed by atoms with Gasteiger partial charge in [-0.25, -0.2) is 0 Å². The Morgan fingerprint density at radius 1 is 1.19 bits per heavy atom. The van der Waals surface area contributed by atoms with Gasteiger partial charge in [-0.3, -0.25) is 10.1 Å². The summed E-state index contributed by atoms with van der Waals surface area (Å²) in [6.07, 6.45) is 2.97. The summed E-state index contributed by atoms with van der Waals surface area (Å²) in [5.41, 5.74) is 1.31. The van der Waals surface area contributed by atoms with E-state index in [1.54, 1.807) is 24.3 Å². The number of ether oxygens (including phenoxy) is 2. The van der Waals surface area contributed by atoms with Crippen molar-refractivity contribution in [3.63, 3.8) is 0 Å². The van der Waals surface area contributed by atoms with Crippen LogP contribution in [0, 0.1) is 0 Å². The Labute approximate surface area is 161 Å². The van der Waals surface area contributed by atoms with Crippen LogP contribution >= 0.6 is 34.5 Å². The van der Waals surface area contributed by atoms with Gasteiger partial charge in [0.05, 0.1) is 9.90 Å². The zero-order valence-electron chi connectivity index (χ0n) is 12.9. The third-order valence-electron chi connectivity index (χ3n) is 3.37. The van der Waals surface area contributed by atoms with E-state index in [-0.39, 0.29) is 18.7 Å². The Morgan fingerprint density at radius 3 is 2.85 bits per heavy atom. The number of halogens is 2. The molecule has 1 N–H and O–H groups in total. The first-order valence-corrected chi connectivity index (χ1v) is 8.83. The summed E-state index contributed by atoms with van der Waals surface area (Å²) < 4.78 is 16.8. The lowest BCUT2D eigenvalue weighted by Crippen LogP contribution is -2.07. The molecule has 4 rings (SSSR count). The molecule has 0 unspecified atom stereocenters. The second-order valence-corrected chi connectivity index (χ2v) is 7.37. The van der Waals surface area contributed by atoms with Crippen molar-refractivity contribution in [3.05, 3.63) is 44.6 Å². The predicted octanol–water partition coefficient (Wildman–Crippen LogP) is 4.49. The van der Waals surface area contributed by atoms with E-state index in [2.05, 4.69) is 15.5 Å². The molecule has 0 saturated heterocycles. The summed E-state index contributed by atoms with van der Waals surface area (Å²) in [5.74, 6) is 1.07. The summed E-state index contributed by atoms with van der Waals surface area (Å²) in [5, 5.41) is 10.1. The fourth-order valence-corrected chi connectivity index (χ4v) is 3.65. The van der Waals surface area contributed by atoms with Crippen molar-refractivity contribution in [3.8, 4) is 23.0 Å². The van der Waals surface area contributed by atoms with E-state index in [0.29, 0.717) is 25.7 Å². The van der Waals surface area contributed by atoms with E-state index in [1.807, 2.05) is 6.07 Å². The van der Waals surface area contributed by atoms with Crippen LogP contribution in [0.25, 0.3) is 17.5 Å². The number of anilines is 1. The van der Waals surface area contributed by atoms with Crippen LogP contribution < -0.4 is 14.8 Å². The minimum atomic E-state index is -0.424. The second-order valence-electron chi connectivity index (χ2n) is 5.09. The molecule has 0 radical (unpaired) electrons. The number of hydrogen-bond acceptors (Lipinski definition) is 7. The lowest BCUT2D eigenvalue weighted by molar-refractivity contribution is -0.112. The first-order valence-electron chi connectivity index (χ1n) is 7.26. The van der Waals surface area contributed by atoms with Gasteiger partial charge >= 0.3 is 6.01 Å². The molecule has 2 aromatic heterocycles. The molecular weight excluding hydrogens is 401 g/mol. The number of hydrogen-bond donors (Lipinski definition) is 1. The van der Waals surface area contributed by atoms with E-state index in [0.717, 1.165) is 5.56 Å². The third kappa shape index (κ3) is 3.52. The number of fused-ring (bicyclic) bond motifs is 1. The van der Waals surface area contributed by atoms with Crippen LogP contribution in [0.15, 0.2) is 34.8 Å². The fourth-order valence-electron chi connectivity index (χ4n) is 2.20. The lowest BCUT2D eigenvalue weighted by atomic mass is 10.2. The van der Waals surface area contributed by atoms with Crippen LogP contribution in [0.4, 0.5) is 6.01 Å². The van der Waals surface area contributed by atoms with Gasteiger partial charge in [-0.15, -0.1) is 16.4 Å². The number of carbonyl (C=O) groups excluding carboxylic acids is 1. The van der Waals surface area contributed by atoms with Crippen molar-refractivity contribution in [2.45, 2.75) is 0 Å². The minimum Gasteiger partial charge on any atom is -0.454 e. The molecule has 132 valence electrons. The number of carbonyl (C=O) groups is 1. The minimum absolute atomic E-state index is 0.0428. The predicted molar refractivity (Wildman–Crippen MR) is 97.9 cm³/mol. The number of aromatic nitrogens is 2. The van der Waals surface area contributed by atoms with E-state index in [4.69, 9.17) is 37.1 Å². The quantitative estimate of drug-likeness (QED) is 0.638. The Kier molecular flexibility index (Phi) is 4.54. The molecule has 0 atom stereocenters. The first-order chi connectivity index (χ1) is 12.6. The number of thiophene rings is 1. The summed E-state index contributed by atoms with van der Waals surface area (Å²) in [6, 6.07) is 6.94. The normalized spacial score (nSPS) is 12.7. The topological polar surface area (TPSA) is 86.5 Å². The molecule has 1 aliphatic heterocycles. The molecular formula is C16H9Cl2N3O4S. The molecule has 0 saturated carbocycles. The Hall–Kier alpha value is -2.55. The molecule has 7 nitrogen and oxygen atoms in total. The van der Waals surface area contributed by atoms with Crippen molar-refractivity contribution >= 4 is 52.5 Å². The van der Waals surface area contributed by atoms with Crippen LogP contribution in [0.2, 0.25) is 8.67 Å².